The number of aromatic hydroxyl groups is 1. The fourth-order valence-corrected chi connectivity index (χ4v) is 1.13. The third-order valence-corrected chi connectivity index (χ3v) is 1.87. The highest BCUT2D eigenvalue weighted by Gasteiger charge is 1.86. The fourth-order valence-electron chi connectivity index (χ4n) is 0.584. The molecule has 0 aliphatic heterocycles. The third kappa shape index (κ3) is 6.73. The quantitative estimate of drug-likeness (QED) is 0.740. The van der Waals surface area contributed by atoms with Gasteiger partial charge in [0.05, 0.1) is 0 Å². The van der Waals surface area contributed by atoms with Gasteiger partial charge in [-0.1, -0.05) is 18.2 Å². The van der Waals surface area contributed by atoms with E-state index in [1.807, 2.05) is 25.1 Å². The van der Waals surface area contributed by atoms with E-state index in [-0.39, 0.29) is 10.0 Å². The predicted octanol–water partition coefficient (Wildman–Crippen LogP) is 0.421. The van der Waals surface area contributed by atoms with Gasteiger partial charge >= 0.3 is 10.0 Å². The Morgan fingerprint density at radius 2 is 1.77 bits per heavy atom. The van der Waals surface area contributed by atoms with E-state index >= 15 is 0 Å². The van der Waals surface area contributed by atoms with Gasteiger partial charge in [-0.05, 0) is 18.6 Å². The summed E-state index contributed by atoms with van der Waals surface area (Å²) in [5.74, 6) is 0.368. The molecule has 6 heteroatoms. The topological polar surface area (TPSA) is 38.7 Å². The molecule has 1 N–H and O–H groups in total. The molecule has 8 radical (unpaired) electrons. The predicted molar refractivity (Wildman–Crippen MR) is 52.3 cm³/mol. The lowest BCUT2D eigenvalue weighted by Crippen LogP contribution is -1.96. The first kappa shape index (κ1) is 12.6. The van der Waals surface area contributed by atoms with Crippen LogP contribution < -0.4 is 0 Å². The van der Waals surface area contributed by atoms with Crippen LogP contribution in [0.1, 0.15) is 5.56 Å². The first-order valence-corrected chi connectivity index (χ1v) is 5.00. The van der Waals surface area contributed by atoms with Gasteiger partial charge in [0.15, 0.2) is 0 Å². The molecule has 0 atom stereocenters. The number of para-hydroxylation sites is 1. The first-order valence-electron chi connectivity index (χ1n) is 3.37. The van der Waals surface area contributed by atoms with Gasteiger partial charge in [0.1, 0.15) is 5.75 Å². The molecule has 13 heavy (non-hydrogen) atoms. The van der Waals surface area contributed by atoms with Gasteiger partial charge in [0.2, 0.25) is 21.0 Å². The van der Waals surface area contributed by atoms with Gasteiger partial charge < -0.3 is 13.3 Å². The second kappa shape index (κ2) is 8.20. The van der Waals surface area contributed by atoms with Gasteiger partial charge in [-0.25, -0.2) is 0 Å². The number of benzene rings is 1. The van der Waals surface area contributed by atoms with Crippen LogP contribution in [0, 0.1) is 6.92 Å². The standard InChI is InChI=1S/C7H8O.O2Si3/c1-6-4-2-3-5-7(6)8;3-1-5-2-4/h2-5,8H,1H3;. The van der Waals surface area contributed by atoms with E-state index < -0.39 is 0 Å². The summed E-state index contributed by atoms with van der Waals surface area (Å²) in [4.78, 5) is 0. The zero-order chi connectivity index (χ0) is 10.1. The van der Waals surface area contributed by atoms with Crippen molar-refractivity contribution in [3.8, 4) is 5.75 Å². The van der Waals surface area contributed by atoms with Crippen LogP contribution in [-0.4, -0.2) is 36.1 Å². The van der Waals surface area contributed by atoms with Crippen LogP contribution in [0.5, 0.6) is 5.75 Å². The summed E-state index contributed by atoms with van der Waals surface area (Å²) < 4.78 is 8.51. The molecule has 3 nitrogen and oxygen atoms in total. The third-order valence-electron chi connectivity index (χ3n) is 1.20. The molecule has 1 aromatic rings. The maximum Gasteiger partial charge on any atom is 0.409 e. The molecule has 0 unspecified atom stereocenters. The van der Waals surface area contributed by atoms with E-state index in [1.54, 1.807) is 6.07 Å². The maximum atomic E-state index is 8.92. The summed E-state index contributed by atoms with van der Waals surface area (Å²) in [6.07, 6.45) is 0. The molecule has 66 valence electrons. The van der Waals surface area contributed by atoms with Crippen molar-refractivity contribution in [2.24, 2.45) is 0 Å². The summed E-state index contributed by atoms with van der Waals surface area (Å²) in [6, 6.07) is 7.25. The number of hydrogen-bond donors (Lipinski definition) is 1. The van der Waals surface area contributed by atoms with Crippen molar-refractivity contribution < 1.29 is 13.3 Å². The molecule has 0 spiro atoms. The maximum absolute atomic E-state index is 8.92. The zero-order valence-corrected chi connectivity index (χ0v) is 10.1. The monoisotopic (exact) mass is 224 g/mol. The molecule has 0 heterocycles. The minimum absolute atomic E-state index is 0.0247. The highest BCUT2D eigenvalue weighted by Crippen LogP contribution is 2.12. The molecule has 0 saturated heterocycles. The van der Waals surface area contributed by atoms with Crippen molar-refractivity contribution >= 4 is 31.0 Å². The minimum atomic E-state index is 0.0247. The summed E-state index contributed by atoms with van der Waals surface area (Å²) in [5, 5.41) is 8.92. The molecule has 0 saturated carbocycles. The van der Waals surface area contributed by atoms with Crippen LogP contribution in [0.25, 0.3) is 0 Å². The number of phenols is 1. The van der Waals surface area contributed by atoms with Crippen molar-refractivity contribution in [3.63, 3.8) is 0 Å². The van der Waals surface area contributed by atoms with Crippen LogP contribution in [-0.2, 0) is 8.23 Å². The van der Waals surface area contributed by atoms with Crippen LogP contribution in [0.2, 0.25) is 0 Å². The first-order chi connectivity index (χ1) is 6.22. The second-order valence-electron chi connectivity index (χ2n) is 2.07. The number of rotatable bonds is 2. The van der Waals surface area contributed by atoms with Gasteiger partial charge in [0, 0.05) is 0 Å². The molecule has 1 rings (SSSR count). The van der Waals surface area contributed by atoms with Crippen molar-refractivity contribution in [1.29, 1.82) is 0 Å². The van der Waals surface area contributed by atoms with Gasteiger partial charge in [-0.3, -0.25) is 0 Å². The second-order valence-corrected chi connectivity index (χ2v) is 3.87. The zero-order valence-electron chi connectivity index (χ0n) is 7.07. The molecular formula is C7H8O3Si3. The van der Waals surface area contributed by atoms with Gasteiger partial charge in [0.25, 0.3) is 0 Å². The van der Waals surface area contributed by atoms with E-state index in [4.69, 9.17) is 5.11 Å². The van der Waals surface area contributed by atoms with Crippen molar-refractivity contribution in [3.05, 3.63) is 29.8 Å². The summed E-state index contributed by atoms with van der Waals surface area (Å²) in [7, 11) is 5.44. The summed E-state index contributed by atoms with van der Waals surface area (Å²) in [6.45, 7) is 1.87. The molecule has 0 amide bonds. The SMILES string of the molecule is Cc1ccccc1O.[Si]O[Si]O[Si]. The number of phenolic OH excluding ortho intramolecular Hbond substituents is 1. The van der Waals surface area contributed by atoms with Gasteiger partial charge in [-0.15, -0.1) is 0 Å². The lowest BCUT2D eigenvalue weighted by molar-refractivity contribution is 0.471. The van der Waals surface area contributed by atoms with Crippen LogP contribution >= 0.6 is 0 Å². The Morgan fingerprint density at radius 3 is 2.00 bits per heavy atom. The lowest BCUT2D eigenvalue weighted by Gasteiger charge is -1.92. The highest BCUT2D eigenvalue weighted by atomic mass is 28.3. The Balaban J connectivity index is 0.000000252. The van der Waals surface area contributed by atoms with Crippen molar-refractivity contribution in [2.75, 3.05) is 0 Å². The number of hydrogen-bond acceptors (Lipinski definition) is 3. The Kier molecular flexibility index (Phi) is 7.94. The van der Waals surface area contributed by atoms with E-state index in [2.05, 4.69) is 29.2 Å². The Labute approximate surface area is 87.2 Å². The molecule has 0 aliphatic rings. The van der Waals surface area contributed by atoms with Gasteiger partial charge in [-0.2, -0.15) is 0 Å². The van der Waals surface area contributed by atoms with E-state index in [9.17, 15) is 0 Å². The minimum Gasteiger partial charge on any atom is -0.508 e. The fraction of sp³-hybridized carbons (Fsp3) is 0.143. The average Bonchev–Trinajstić information content (AvgIpc) is 2.13. The average molecular weight is 224 g/mol. The normalized spacial score (nSPS) is 8.85. The largest absolute Gasteiger partial charge is 0.508 e. The molecule has 0 fully saturated rings. The van der Waals surface area contributed by atoms with Crippen molar-refractivity contribution in [2.45, 2.75) is 6.92 Å². The van der Waals surface area contributed by atoms with E-state index in [1.165, 1.54) is 0 Å². The molecular weight excluding hydrogens is 216 g/mol. The van der Waals surface area contributed by atoms with E-state index in [0.717, 1.165) is 5.56 Å². The number of aryl methyl sites for hydroxylation is 1. The Morgan fingerprint density at radius 1 is 1.23 bits per heavy atom. The highest BCUT2D eigenvalue weighted by molar-refractivity contribution is 6.33. The van der Waals surface area contributed by atoms with Crippen molar-refractivity contribution in [1.82, 2.24) is 0 Å². The molecule has 0 aliphatic carbocycles. The smallest absolute Gasteiger partial charge is 0.409 e. The Hall–Kier alpha value is -0.409. The van der Waals surface area contributed by atoms with Crippen LogP contribution in [0.15, 0.2) is 24.3 Å². The van der Waals surface area contributed by atoms with E-state index in [0.29, 0.717) is 5.75 Å². The molecule has 1 aromatic carbocycles. The molecule has 0 aromatic heterocycles. The van der Waals surface area contributed by atoms with Crippen LogP contribution in [0.4, 0.5) is 0 Å². The lowest BCUT2D eigenvalue weighted by atomic mass is 10.2. The van der Waals surface area contributed by atoms with Crippen LogP contribution in [0.3, 0.4) is 0 Å². The summed E-state index contributed by atoms with van der Waals surface area (Å²) in [5.41, 5.74) is 0.924. The Bertz CT molecular complexity index is 209. The molecule has 0 bridgehead atoms. The summed E-state index contributed by atoms with van der Waals surface area (Å²) >= 11 is 0.